The number of hydrogen-bond acceptors (Lipinski definition) is 2. The topological polar surface area (TPSA) is 43.8 Å². The van der Waals surface area contributed by atoms with E-state index < -0.39 is 6.04 Å². The Hall–Kier alpha value is -0.720. The first-order chi connectivity index (χ1) is 8.91. The normalized spacial score (nSPS) is 13.0. The van der Waals surface area contributed by atoms with Crippen LogP contribution >= 0.6 is 31.9 Å². The second kappa shape index (κ2) is 5.73. The Balaban J connectivity index is 2.46. The highest BCUT2D eigenvalue weighted by molar-refractivity contribution is 9.10. The maximum absolute atomic E-state index is 13.6. The molecule has 0 amide bonds. The number of hydrogen-bond donors (Lipinski definition) is 1. The van der Waals surface area contributed by atoms with Gasteiger partial charge in [0.2, 0.25) is 0 Å². The Morgan fingerprint density at radius 2 is 1.95 bits per heavy atom. The summed E-state index contributed by atoms with van der Waals surface area (Å²) in [6.07, 6.45) is 1.71. The van der Waals surface area contributed by atoms with Gasteiger partial charge in [0.15, 0.2) is 0 Å². The van der Waals surface area contributed by atoms with Crippen LogP contribution in [0.1, 0.15) is 37.2 Å². The molecule has 1 aromatic heterocycles. The number of rotatable bonds is 3. The Morgan fingerprint density at radius 3 is 2.53 bits per heavy atom. The molecule has 2 rings (SSSR count). The third-order valence-electron chi connectivity index (χ3n) is 2.87. The van der Waals surface area contributed by atoms with Gasteiger partial charge < -0.3 is 5.73 Å². The monoisotopic (exact) mass is 389 g/mol. The van der Waals surface area contributed by atoms with Crippen LogP contribution in [0.4, 0.5) is 4.39 Å². The molecule has 0 aliphatic heterocycles. The molecule has 0 bridgehead atoms. The van der Waals surface area contributed by atoms with Crippen LogP contribution in [0.25, 0.3) is 0 Å². The van der Waals surface area contributed by atoms with Gasteiger partial charge in [-0.05, 0) is 63.4 Å². The minimum atomic E-state index is -0.429. The molecule has 2 aromatic rings. The molecule has 2 N–H and O–H groups in total. The standard InChI is InChI=1S/C13H14Br2FN3/c1-7(2)19-13(10(15)6-18-19)12(17)8-3-4-9(14)11(16)5-8/h3-7,12H,17H2,1-2H3. The SMILES string of the molecule is CC(C)n1ncc(Br)c1C(N)c1ccc(Br)c(F)c1. The van der Waals surface area contributed by atoms with E-state index in [1.165, 1.54) is 6.07 Å². The van der Waals surface area contributed by atoms with E-state index in [0.29, 0.717) is 10.0 Å². The van der Waals surface area contributed by atoms with Gasteiger partial charge in [-0.15, -0.1) is 0 Å². The van der Waals surface area contributed by atoms with Gasteiger partial charge in [-0.25, -0.2) is 4.39 Å². The van der Waals surface area contributed by atoms with Crippen LogP contribution in [0.2, 0.25) is 0 Å². The fourth-order valence-corrected chi connectivity index (χ4v) is 2.68. The van der Waals surface area contributed by atoms with Crippen LogP contribution in [0.15, 0.2) is 33.3 Å². The molecule has 0 saturated heterocycles. The first-order valence-electron chi connectivity index (χ1n) is 5.85. The van der Waals surface area contributed by atoms with E-state index in [4.69, 9.17) is 5.73 Å². The van der Waals surface area contributed by atoms with Gasteiger partial charge in [0.05, 0.1) is 26.9 Å². The summed E-state index contributed by atoms with van der Waals surface area (Å²) in [5.74, 6) is -0.320. The zero-order chi connectivity index (χ0) is 14.2. The summed E-state index contributed by atoms with van der Waals surface area (Å²) >= 11 is 6.59. The summed E-state index contributed by atoms with van der Waals surface area (Å²) in [5.41, 5.74) is 7.80. The van der Waals surface area contributed by atoms with Crippen molar-refractivity contribution in [3.8, 4) is 0 Å². The second-order valence-corrected chi connectivity index (χ2v) is 6.28. The van der Waals surface area contributed by atoms with Crippen molar-refractivity contribution in [1.29, 1.82) is 0 Å². The molecule has 1 aromatic carbocycles. The first-order valence-corrected chi connectivity index (χ1v) is 7.44. The molecule has 0 aliphatic carbocycles. The summed E-state index contributed by atoms with van der Waals surface area (Å²) in [4.78, 5) is 0. The Bertz CT molecular complexity index is 596. The zero-order valence-electron chi connectivity index (χ0n) is 10.6. The van der Waals surface area contributed by atoms with E-state index >= 15 is 0 Å². The molecular weight excluding hydrogens is 377 g/mol. The van der Waals surface area contributed by atoms with Crippen molar-refractivity contribution in [1.82, 2.24) is 9.78 Å². The molecule has 6 heteroatoms. The van der Waals surface area contributed by atoms with Gasteiger partial charge in [0.25, 0.3) is 0 Å². The number of nitrogens with zero attached hydrogens (tertiary/aromatic N) is 2. The lowest BCUT2D eigenvalue weighted by Gasteiger charge is -2.18. The zero-order valence-corrected chi connectivity index (χ0v) is 13.7. The summed E-state index contributed by atoms with van der Waals surface area (Å²) in [6, 6.07) is 4.67. The smallest absolute Gasteiger partial charge is 0.137 e. The lowest BCUT2D eigenvalue weighted by atomic mass is 10.0. The Labute approximate surface area is 128 Å². The van der Waals surface area contributed by atoms with Crippen LogP contribution in [-0.2, 0) is 0 Å². The molecule has 0 radical (unpaired) electrons. The van der Waals surface area contributed by atoms with Crippen molar-refractivity contribution >= 4 is 31.9 Å². The fourth-order valence-electron chi connectivity index (χ4n) is 1.92. The highest BCUT2D eigenvalue weighted by Gasteiger charge is 2.20. The predicted octanol–water partition coefficient (Wildman–Crippen LogP) is 4.18. The molecule has 3 nitrogen and oxygen atoms in total. The number of halogens is 3. The fraction of sp³-hybridized carbons (Fsp3) is 0.308. The summed E-state index contributed by atoms with van der Waals surface area (Å²) in [6.45, 7) is 4.05. The van der Waals surface area contributed by atoms with Crippen molar-refractivity contribution in [3.63, 3.8) is 0 Å². The summed E-state index contributed by atoms with van der Waals surface area (Å²) in [5, 5.41) is 4.29. The molecule has 0 aliphatic rings. The van der Waals surface area contributed by atoms with Crippen LogP contribution in [-0.4, -0.2) is 9.78 Å². The Kier molecular flexibility index (Phi) is 4.43. The number of benzene rings is 1. The summed E-state index contributed by atoms with van der Waals surface area (Å²) in [7, 11) is 0. The average molecular weight is 391 g/mol. The van der Waals surface area contributed by atoms with E-state index in [2.05, 4.69) is 37.0 Å². The van der Waals surface area contributed by atoms with Gasteiger partial charge in [-0.2, -0.15) is 5.10 Å². The van der Waals surface area contributed by atoms with Crippen LogP contribution in [0, 0.1) is 5.82 Å². The second-order valence-electron chi connectivity index (χ2n) is 4.57. The minimum absolute atomic E-state index is 0.188. The lowest BCUT2D eigenvalue weighted by molar-refractivity contribution is 0.498. The van der Waals surface area contributed by atoms with Crippen molar-refractivity contribution < 1.29 is 4.39 Å². The highest BCUT2D eigenvalue weighted by atomic mass is 79.9. The molecular formula is C13H14Br2FN3. The van der Waals surface area contributed by atoms with E-state index in [9.17, 15) is 4.39 Å². The lowest BCUT2D eigenvalue weighted by Crippen LogP contribution is -2.19. The molecule has 19 heavy (non-hydrogen) atoms. The molecule has 0 spiro atoms. The quantitative estimate of drug-likeness (QED) is 0.854. The molecule has 1 heterocycles. The largest absolute Gasteiger partial charge is 0.319 e. The van der Waals surface area contributed by atoms with Gasteiger partial charge in [0, 0.05) is 6.04 Å². The van der Waals surface area contributed by atoms with E-state index in [1.54, 1.807) is 12.3 Å². The highest BCUT2D eigenvalue weighted by Crippen LogP contribution is 2.30. The molecule has 0 fully saturated rings. The van der Waals surface area contributed by atoms with Crippen molar-refractivity contribution in [2.45, 2.75) is 25.9 Å². The van der Waals surface area contributed by atoms with Gasteiger partial charge in [-0.3, -0.25) is 4.68 Å². The molecule has 1 unspecified atom stereocenters. The first kappa shape index (κ1) is 14.7. The maximum atomic E-state index is 13.6. The molecule has 102 valence electrons. The van der Waals surface area contributed by atoms with Crippen LogP contribution in [0.5, 0.6) is 0 Å². The molecule has 0 saturated carbocycles. The van der Waals surface area contributed by atoms with E-state index in [0.717, 1.165) is 10.2 Å². The third-order valence-corrected chi connectivity index (χ3v) is 4.13. The number of aromatic nitrogens is 2. The van der Waals surface area contributed by atoms with Crippen molar-refractivity contribution in [2.75, 3.05) is 0 Å². The van der Waals surface area contributed by atoms with E-state index in [-0.39, 0.29) is 11.9 Å². The minimum Gasteiger partial charge on any atom is -0.319 e. The van der Waals surface area contributed by atoms with Gasteiger partial charge >= 0.3 is 0 Å². The van der Waals surface area contributed by atoms with Crippen LogP contribution < -0.4 is 5.73 Å². The molecule has 1 atom stereocenters. The van der Waals surface area contributed by atoms with Crippen molar-refractivity contribution in [2.24, 2.45) is 5.73 Å². The Morgan fingerprint density at radius 1 is 1.26 bits per heavy atom. The van der Waals surface area contributed by atoms with Gasteiger partial charge in [-0.1, -0.05) is 6.07 Å². The number of nitrogens with two attached hydrogens (primary N) is 1. The summed E-state index contributed by atoms with van der Waals surface area (Å²) < 4.78 is 16.7. The average Bonchev–Trinajstić information content (AvgIpc) is 2.74. The van der Waals surface area contributed by atoms with Gasteiger partial charge in [0.1, 0.15) is 5.82 Å². The van der Waals surface area contributed by atoms with Crippen molar-refractivity contribution in [3.05, 3.63) is 50.4 Å². The van der Waals surface area contributed by atoms with Crippen LogP contribution in [0.3, 0.4) is 0 Å². The maximum Gasteiger partial charge on any atom is 0.137 e. The van der Waals surface area contributed by atoms with E-state index in [1.807, 2.05) is 24.6 Å². The predicted molar refractivity (Wildman–Crippen MR) is 80.4 cm³/mol. The third kappa shape index (κ3) is 2.90.